The van der Waals surface area contributed by atoms with Crippen molar-refractivity contribution in [2.45, 2.75) is 27.3 Å². The van der Waals surface area contributed by atoms with Crippen molar-refractivity contribution in [3.8, 4) is 6.07 Å². The average Bonchev–Trinajstić information content (AvgIpc) is 2.56. The Morgan fingerprint density at radius 2 is 2.06 bits per heavy atom. The van der Waals surface area contributed by atoms with Crippen LogP contribution in [0.25, 0.3) is 10.9 Å². The SMILES string of the molecule is CCn1c(Cl)c(C#N)c2ccc(C)c(C)c21. The number of rotatable bonds is 1. The lowest BCUT2D eigenvalue weighted by Crippen LogP contribution is -1.96. The monoisotopic (exact) mass is 232 g/mol. The fraction of sp³-hybridized carbons (Fsp3) is 0.308. The number of aromatic nitrogens is 1. The van der Waals surface area contributed by atoms with Crippen LogP contribution < -0.4 is 0 Å². The Morgan fingerprint density at radius 3 is 2.62 bits per heavy atom. The van der Waals surface area contributed by atoms with E-state index in [2.05, 4.69) is 19.9 Å². The summed E-state index contributed by atoms with van der Waals surface area (Å²) in [5.41, 5.74) is 4.09. The lowest BCUT2D eigenvalue weighted by molar-refractivity contribution is 0.795. The minimum atomic E-state index is 0.550. The Hall–Kier alpha value is -1.46. The molecule has 1 aromatic carbocycles. The Morgan fingerprint density at radius 1 is 1.38 bits per heavy atom. The zero-order valence-corrected chi connectivity index (χ0v) is 10.4. The van der Waals surface area contributed by atoms with Gasteiger partial charge in [0.05, 0.1) is 11.1 Å². The summed E-state index contributed by atoms with van der Waals surface area (Å²) in [6, 6.07) is 6.20. The van der Waals surface area contributed by atoms with Gasteiger partial charge in [-0.2, -0.15) is 5.26 Å². The molecule has 0 bridgehead atoms. The van der Waals surface area contributed by atoms with E-state index < -0.39 is 0 Å². The van der Waals surface area contributed by atoms with Crippen LogP contribution in [0.5, 0.6) is 0 Å². The first-order valence-electron chi connectivity index (χ1n) is 5.29. The molecule has 0 atom stereocenters. The van der Waals surface area contributed by atoms with Crippen molar-refractivity contribution in [3.63, 3.8) is 0 Å². The van der Waals surface area contributed by atoms with Gasteiger partial charge in [0.1, 0.15) is 11.2 Å². The first kappa shape index (κ1) is 11.0. The van der Waals surface area contributed by atoms with Crippen molar-refractivity contribution in [1.82, 2.24) is 4.57 Å². The van der Waals surface area contributed by atoms with Crippen LogP contribution in [-0.4, -0.2) is 4.57 Å². The highest BCUT2D eigenvalue weighted by Crippen LogP contribution is 2.32. The Balaban J connectivity index is 3.02. The Bertz CT molecular complexity index is 603. The molecule has 3 heteroatoms. The largest absolute Gasteiger partial charge is 0.331 e. The van der Waals surface area contributed by atoms with Gasteiger partial charge < -0.3 is 4.57 Å². The minimum absolute atomic E-state index is 0.550. The molecule has 2 rings (SSSR count). The number of hydrogen-bond donors (Lipinski definition) is 0. The molecule has 2 nitrogen and oxygen atoms in total. The molecule has 2 aromatic rings. The first-order valence-corrected chi connectivity index (χ1v) is 5.67. The molecule has 0 N–H and O–H groups in total. The molecule has 0 aliphatic heterocycles. The van der Waals surface area contributed by atoms with E-state index in [1.54, 1.807) is 0 Å². The fourth-order valence-corrected chi connectivity index (χ4v) is 2.45. The number of benzene rings is 1. The lowest BCUT2D eigenvalue weighted by Gasteiger charge is -2.07. The Kier molecular flexibility index (Phi) is 2.65. The zero-order valence-electron chi connectivity index (χ0n) is 9.63. The fourth-order valence-electron chi connectivity index (χ4n) is 2.10. The molecule has 0 aliphatic rings. The van der Waals surface area contributed by atoms with Crippen LogP contribution in [0.1, 0.15) is 23.6 Å². The van der Waals surface area contributed by atoms with Crippen LogP contribution in [0.15, 0.2) is 12.1 Å². The molecular formula is C13H13ClN2. The van der Waals surface area contributed by atoms with Crippen molar-refractivity contribution in [3.05, 3.63) is 34.0 Å². The van der Waals surface area contributed by atoms with Crippen molar-refractivity contribution < 1.29 is 0 Å². The normalized spacial score (nSPS) is 10.7. The molecular weight excluding hydrogens is 220 g/mol. The number of fused-ring (bicyclic) bond motifs is 1. The summed E-state index contributed by atoms with van der Waals surface area (Å²) >= 11 is 6.22. The smallest absolute Gasteiger partial charge is 0.128 e. The van der Waals surface area contributed by atoms with Gasteiger partial charge in [-0.05, 0) is 31.9 Å². The predicted octanol–water partition coefficient (Wildman–Crippen LogP) is 3.80. The molecule has 0 unspecified atom stereocenters. The van der Waals surface area contributed by atoms with Gasteiger partial charge in [0.25, 0.3) is 0 Å². The molecule has 0 spiro atoms. The van der Waals surface area contributed by atoms with Crippen molar-refractivity contribution in [1.29, 1.82) is 5.26 Å². The topological polar surface area (TPSA) is 28.7 Å². The number of hydrogen-bond acceptors (Lipinski definition) is 1. The van der Waals surface area contributed by atoms with Crippen LogP contribution in [0.4, 0.5) is 0 Å². The second kappa shape index (κ2) is 3.84. The van der Waals surface area contributed by atoms with Gasteiger partial charge in [-0.1, -0.05) is 23.7 Å². The van der Waals surface area contributed by atoms with Gasteiger partial charge in [-0.3, -0.25) is 0 Å². The summed E-state index contributed by atoms with van der Waals surface area (Å²) in [5, 5.41) is 10.6. The number of nitriles is 1. The van der Waals surface area contributed by atoms with E-state index in [0.29, 0.717) is 10.7 Å². The first-order chi connectivity index (χ1) is 7.61. The van der Waals surface area contributed by atoms with Crippen LogP contribution in [0.2, 0.25) is 5.15 Å². The van der Waals surface area contributed by atoms with Gasteiger partial charge in [0.15, 0.2) is 0 Å². The van der Waals surface area contributed by atoms with Gasteiger partial charge in [-0.15, -0.1) is 0 Å². The number of halogens is 1. The van der Waals surface area contributed by atoms with Crippen LogP contribution in [0, 0.1) is 25.2 Å². The maximum atomic E-state index is 9.14. The maximum absolute atomic E-state index is 9.14. The summed E-state index contributed by atoms with van der Waals surface area (Å²) < 4.78 is 2.00. The van der Waals surface area contributed by atoms with Crippen LogP contribution in [0.3, 0.4) is 0 Å². The van der Waals surface area contributed by atoms with E-state index in [9.17, 15) is 0 Å². The number of nitrogens with zero attached hydrogens (tertiary/aromatic N) is 2. The summed E-state index contributed by atoms with van der Waals surface area (Å²) in [6.45, 7) is 6.96. The summed E-state index contributed by atoms with van der Waals surface area (Å²) in [6.07, 6.45) is 0. The molecule has 0 amide bonds. The summed E-state index contributed by atoms with van der Waals surface area (Å²) in [4.78, 5) is 0. The third kappa shape index (κ3) is 1.32. The average molecular weight is 233 g/mol. The Labute approximate surface area is 100 Å². The molecule has 0 saturated carbocycles. The minimum Gasteiger partial charge on any atom is -0.331 e. The van der Waals surface area contributed by atoms with E-state index in [4.69, 9.17) is 16.9 Å². The van der Waals surface area contributed by atoms with E-state index in [-0.39, 0.29) is 0 Å². The molecule has 0 saturated heterocycles. The standard InChI is InChI=1S/C13H13ClN2/c1-4-16-12-9(3)8(2)5-6-10(12)11(7-15)13(16)14/h5-6H,4H2,1-3H3. The van der Waals surface area contributed by atoms with Crippen molar-refractivity contribution in [2.24, 2.45) is 0 Å². The molecule has 0 radical (unpaired) electrons. The third-order valence-electron chi connectivity index (χ3n) is 3.11. The number of aryl methyl sites for hydroxylation is 3. The van der Waals surface area contributed by atoms with E-state index in [1.165, 1.54) is 11.1 Å². The molecule has 0 fully saturated rings. The third-order valence-corrected chi connectivity index (χ3v) is 3.51. The highest BCUT2D eigenvalue weighted by molar-refractivity contribution is 6.32. The van der Waals surface area contributed by atoms with Gasteiger partial charge >= 0.3 is 0 Å². The van der Waals surface area contributed by atoms with Crippen LogP contribution >= 0.6 is 11.6 Å². The van der Waals surface area contributed by atoms with E-state index in [1.807, 2.05) is 23.6 Å². The summed E-state index contributed by atoms with van der Waals surface area (Å²) in [7, 11) is 0. The predicted molar refractivity (Wildman–Crippen MR) is 66.8 cm³/mol. The second-order valence-electron chi connectivity index (χ2n) is 3.93. The molecule has 82 valence electrons. The maximum Gasteiger partial charge on any atom is 0.128 e. The molecule has 1 aromatic heterocycles. The summed E-state index contributed by atoms with van der Waals surface area (Å²) in [5.74, 6) is 0. The zero-order chi connectivity index (χ0) is 11.9. The van der Waals surface area contributed by atoms with Crippen molar-refractivity contribution in [2.75, 3.05) is 0 Å². The highest BCUT2D eigenvalue weighted by atomic mass is 35.5. The lowest BCUT2D eigenvalue weighted by atomic mass is 10.1. The molecule has 1 heterocycles. The quantitative estimate of drug-likeness (QED) is 0.735. The van der Waals surface area contributed by atoms with E-state index >= 15 is 0 Å². The highest BCUT2D eigenvalue weighted by Gasteiger charge is 2.16. The van der Waals surface area contributed by atoms with E-state index in [0.717, 1.165) is 17.4 Å². The van der Waals surface area contributed by atoms with Gasteiger partial charge in [0.2, 0.25) is 0 Å². The second-order valence-corrected chi connectivity index (χ2v) is 4.28. The molecule has 16 heavy (non-hydrogen) atoms. The van der Waals surface area contributed by atoms with Gasteiger partial charge in [0, 0.05) is 11.9 Å². The van der Waals surface area contributed by atoms with Crippen LogP contribution in [-0.2, 0) is 6.54 Å². The molecule has 0 aliphatic carbocycles. The van der Waals surface area contributed by atoms with Crippen molar-refractivity contribution >= 4 is 22.5 Å². The van der Waals surface area contributed by atoms with Gasteiger partial charge in [-0.25, -0.2) is 0 Å².